The second-order valence-corrected chi connectivity index (χ2v) is 14.1. The van der Waals surface area contributed by atoms with Crippen LogP contribution in [-0.4, -0.2) is 87.2 Å². The fraction of sp³-hybridized carbons (Fsp3) is 0.302. The zero-order valence-electron chi connectivity index (χ0n) is 31.0. The van der Waals surface area contributed by atoms with Crippen molar-refractivity contribution < 1.29 is 9.59 Å². The van der Waals surface area contributed by atoms with E-state index in [0.29, 0.717) is 19.6 Å². The van der Waals surface area contributed by atoms with Crippen molar-refractivity contribution in [3.8, 4) is 33.6 Å². The quantitative estimate of drug-likeness (QED) is 0.117. The topological polar surface area (TPSA) is 113 Å². The summed E-state index contributed by atoms with van der Waals surface area (Å²) in [7, 11) is 5.69. The number of nitrogens with zero attached hydrogens (tertiary/aromatic N) is 5. The minimum Gasteiger partial charge on any atom is -0.341 e. The van der Waals surface area contributed by atoms with Gasteiger partial charge in [0.15, 0.2) is 0 Å². The molecule has 3 heterocycles. The second-order valence-electron chi connectivity index (χ2n) is 14.1. The van der Waals surface area contributed by atoms with Crippen molar-refractivity contribution in [3.05, 3.63) is 121 Å². The number of imidazole rings is 2. The number of likely N-dealkylation sites (N-methyl/N-ethyl adjacent to an activating group) is 2. The average Bonchev–Trinajstić information content (AvgIpc) is 3.97. The summed E-state index contributed by atoms with van der Waals surface area (Å²) < 4.78 is 0. The minimum absolute atomic E-state index is 0.00880. The molecule has 10 heteroatoms. The van der Waals surface area contributed by atoms with Gasteiger partial charge in [-0.05, 0) is 85.6 Å². The number of aromatic nitrogens is 4. The van der Waals surface area contributed by atoms with Crippen LogP contribution in [0, 0.1) is 0 Å². The number of carbonyl (C=O) groups is 2. The molecular formula is C43H48N8O2. The Morgan fingerprint density at radius 1 is 0.849 bits per heavy atom. The van der Waals surface area contributed by atoms with Gasteiger partial charge in [-0.25, -0.2) is 9.97 Å². The van der Waals surface area contributed by atoms with Crippen molar-refractivity contribution in [1.29, 1.82) is 0 Å². The summed E-state index contributed by atoms with van der Waals surface area (Å²) in [6, 6.07) is 31.1. The lowest BCUT2D eigenvalue weighted by Gasteiger charge is -2.30. The van der Waals surface area contributed by atoms with Gasteiger partial charge < -0.3 is 25.1 Å². The zero-order chi connectivity index (χ0) is 36.9. The van der Waals surface area contributed by atoms with Gasteiger partial charge in [0.2, 0.25) is 11.8 Å². The molecule has 53 heavy (non-hydrogen) atoms. The summed E-state index contributed by atoms with van der Waals surface area (Å²) in [6.07, 6.45) is 6.49. The number of fused-ring (bicyclic) bond motifs is 1. The van der Waals surface area contributed by atoms with Gasteiger partial charge in [0.25, 0.3) is 0 Å². The predicted octanol–water partition coefficient (Wildman–Crippen LogP) is 7.21. The third-order valence-electron chi connectivity index (χ3n) is 10.1. The molecule has 6 aromatic rings. The first-order chi connectivity index (χ1) is 25.8. The molecule has 272 valence electrons. The summed E-state index contributed by atoms with van der Waals surface area (Å²) in [5.41, 5.74) is 7.22. The maximum atomic E-state index is 13.8. The summed E-state index contributed by atoms with van der Waals surface area (Å²) in [6.45, 7) is 4.26. The maximum absolute atomic E-state index is 13.8. The molecule has 1 unspecified atom stereocenters. The molecule has 0 saturated carbocycles. The highest BCUT2D eigenvalue weighted by Crippen LogP contribution is 2.33. The van der Waals surface area contributed by atoms with Gasteiger partial charge in [-0.1, -0.05) is 85.8 Å². The molecule has 1 aliphatic rings. The Morgan fingerprint density at radius 3 is 2.23 bits per heavy atom. The smallest absolute Gasteiger partial charge is 0.244 e. The van der Waals surface area contributed by atoms with Crippen molar-refractivity contribution in [1.82, 2.24) is 40.0 Å². The molecule has 2 aromatic heterocycles. The van der Waals surface area contributed by atoms with E-state index in [1.165, 1.54) is 0 Å². The fourth-order valence-corrected chi connectivity index (χ4v) is 7.47. The number of carbonyl (C=O) groups excluding carboxylic acids is 2. The summed E-state index contributed by atoms with van der Waals surface area (Å²) in [4.78, 5) is 48.5. The molecule has 10 nitrogen and oxygen atoms in total. The number of benzene rings is 4. The number of likely N-dealkylation sites (tertiary alicyclic amines) is 1. The van der Waals surface area contributed by atoms with Gasteiger partial charge in [0, 0.05) is 18.7 Å². The molecule has 0 aliphatic carbocycles. The van der Waals surface area contributed by atoms with Crippen molar-refractivity contribution in [3.63, 3.8) is 0 Å². The molecule has 0 spiro atoms. The number of amides is 2. The molecule has 3 N–H and O–H groups in total. The molecule has 2 amide bonds. The first-order valence-electron chi connectivity index (χ1n) is 18.5. The standard InChI is InChI=1S/C43H48N8O2/c1-5-21-50(43(53)41(49(3)4)31-10-7-6-8-11-31)28-39-45-25-37(47-39)35-20-19-33-23-32(17-18-34(33)24-35)29-13-15-30(16-14-29)36-26-46-42(48-36)38-12-9-22-51(38)40(52)27-44-2/h6-8,10-11,13-20,23-26,38,41,44H,5,9,12,21-22,27-28H2,1-4H3,(H,45,47)(H,46,48)/t38-,41?/m0/s1. The maximum Gasteiger partial charge on any atom is 0.244 e. The molecule has 1 fully saturated rings. The molecule has 2 atom stereocenters. The SMILES string of the molecule is CCCN(Cc1ncc(-c2ccc3cc(-c4ccc(-c5cnc([C@@H]6CCCN6C(=O)CNC)[nH]5)cc4)ccc3c2)[nH]1)C(=O)C(c1ccccc1)N(C)C. The zero-order valence-corrected chi connectivity index (χ0v) is 31.0. The highest BCUT2D eigenvalue weighted by molar-refractivity contribution is 5.90. The number of hydrogen-bond donors (Lipinski definition) is 3. The van der Waals surface area contributed by atoms with E-state index in [1.54, 1.807) is 7.05 Å². The monoisotopic (exact) mass is 708 g/mol. The Hall–Kier alpha value is -5.58. The normalized spacial score (nSPS) is 15.0. The van der Waals surface area contributed by atoms with Crippen LogP contribution in [0.3, 0.4) is 0 Å². The van der Waals surface area contributed by atoms with Crippen LogP contribution in [-0.2, 0) is 16.1 Å². The fourth-order valence-electron chi connectivity index (χ4n) is 7.47. The van der Waals surface area contributed by atoms with Crippen LogP contribution in [0.15, 0.2) is 103 Å². The molecule has 4 aromatic carbocycles. The van der Waals surface area contributed by atoms with E-state index < -0.39 is 0 Å². The number of aromatic amines is 2. The third kappa shape index (κ3) is 7.79. The second kappa shape index (κ2) is 16.0. The predicted molar refractivity (Wildman–Crippen MR) is 211 cm³/mol. The highest BCUT2D eigenvalue weighted by Gasteiger charge is 2.32. The Morgan fingerprint density at radius 2 is 1.51 bits per heavy atom. The average molecular weight is 709 g/mol. The number of hydrogen-bond acceptors (Lipinski definition) is 6. The molecule has 7 rings (SSSR count). The van der Waals surface area contributed by atoms with Gasteiger partial charge in [-0.3, -0.25) is 14.5 Å². The number of nitrogens with one attached hydrogen (secondary N) is 3. The lowest BCUT2D eigenvalue weighted by atomic mass is 9.98. The number of rotatable bonds is 13. The molecular weight excluding hydrogens is 661 g/mol. The van der Waals surface area contributed by atoms with Crippen LogP contribution in [0.5, 0.6) is 0 Å². The van der Waals surface area contributed by atoms with Crippen LogP contribution in [0.4, 0.5) is 0 Å². The van der Waals surface area contributed by atoms with Crippen molar-refractivity contribution in [2.75, 3.05) is 40.8 Å². The Balaban J connectivity index is 1.03. The van der Waals surface area contributed by atoms with E-state index in [9.17, 15) is 9.59 Å². The van der Waals surface area contributed by atoms with E-state index in [0.717, 1.165) is 87.4 Å². The lowest BCUT2D eigenvalue weighted by molar-refractivity contribution is -0.137. The van der Waals surface area contributed by atoms with E-state index in [1.807, 2.05) is 71.5 Å². The summed E-state index contributed by atoms with van der Waals surface area (Å²) in [5, 5.41) is 5.26. The van der Waals surface area contributed by atoms with E-state index in [2.05, 4.69) is 92.8 Å². The summed E-state index contributed by atoms with van der Waals surface area (Å²) in [5.74, 6) is 1.78. The minimum atomic E-state index is -0.361. The van der Waals surface area contributed by atoms with E-state index >= 15 is 0 Å². The molecule has 0 bridgehead atoms. The van der Waals surface area contributed by atoms with Crippen molar-refractivity contribution in [2.24, 2.45) is 0 Å². The van der Waals surface area contributed by atoms with Crippen molar-refractivity contribution in [2.45, 2.75) is 44.8 Å². The van der Waals surface area contributed by atoms with Gasteiger partial charge in [0.1, 0.15) is 17.7 Å². The van der Waals surface area contributed by atoms with Crippen LogP contribution in [0.25, 0.3) is 44.4 Å². The van der Waals surface area contributed by atoms with Gasteiger partial charge in [-0.2, -0.15) is 0 Å². The van der Waals surface area contributed by atoms with Gasteiger partial charge in [-0.15, -0.1) is 0 Å². The summed E-state index contributed by atoms with van der Waals surface area (Å²) >= 11 is 0. The van der Waals surface area contributed by atoms with Crippen LogP contribution < -0.4 is 5.32 Å². The van der Waals surface area contributed by atoms with Gasteiger partial charge >= 0.3 is 0 Å². The van der Waals surface area contributed by atoms with Crippen LogP contribution in [0.2, 0.25) is 0 Å². The van der Waals surface area contributed by atoms with E-state index in [4.69, 9.17) is 0 Å². The Labute approximate surface area is 311 Å². The van der Waals surface area contributed by atoms with E-state index in [-0.39, 0.29) is 23.9 Å². The third-order valence-corrected chi connectivity index (χ3v) is 10.1. The van der Waals surface area contributed by atoms with Gasteiger partial charge in [0.05, 0.1) is 42.9 Å². The largest absolute Gasteiger partial charge is 0.341 e. The first kappa shape index (κ1) is 35.8. The van der Waals surface area contributed by atoms with Crippen LogP contribution >= 0.6 is 0 Å². The molecule has 1 aliphatic heterocycles. The van der Waals surface area contributed by atoms with Crippen molar-refractivity contribution >= 4 is 22.6 Å². The van der Waals surface area contributed by atoms with Crippen LogP contribution in [0.1, 0.15) is 55.5 Å². The Kier molecular flexibility index (Phi) is 10.8. The Bertz CT molecular complexity index is 2170. The first-order valence-corrected chi connectivity index (χ1v) is 18.5. The molecule has 1 saturated heterocycles. The highest BCUT2D eigenvalue weighted by atomic mass is 16.2. The number of H-pyrrole nitrogens is 2. The molecule has 0 radical (unpaired) electrons. The lowest BCUT2D eigenvalue weighted by Crippen LogP contribution is -2.40.